The quantitative estimate of drug-likeness (QED) is 0.547. The first-order chi connectivity index (χ1) is 11.1. The molecule has 0 aliphatic carbocycles. The maximum Gasteiger partial charge on any atom is 0.288 e. The van der Waals surface area contributed by atoms with Gasteiger partial charge in [-0.2, -0.15) is 5.10 Å². The van der Waals surface area contributed by atoms with Crippen LogP contribution in [0.3, 0.4) is 0 Å². The van der Waals surface area contributed by atoms with Gasteiger partial charge < -0.3 is 4.57 Å². The maximum absolute atomic E-state index is 12.2. The van der Waals surface area contributed by atoms with Crippen LogP contribution in [0, 0.1) is 10.1 Å². The largest absolute Gasteiger partial charge is 0.344 e. The van der Waals surface area contributed by atoms with Crippen molar-refractivity contribution in [1.82, 2.24) is 14.8 Å². The second kappa shape index (κ2) is 5.06. The third-order valence-electron chi connectivity index (χ3n) is 4.45. The number of hydrogen-bond acceptors (Lipinski definition) is 4. The zero-order valence-electron chi connectivity index (χ0n) is 12.1. The predicted octanol–water partition coefficient (Wildman–Crippen LogP) is 3.12. The van der Waals surface area contributed by atoms with Gasteiger partial charge in [-0.1, -0.05) is 18.0 Å². The van der Waals surface area contributed by atoms with Gasteiger partial charge in [0, 0.05) is 23.7 Å². The number of nitrogens with zero attached hydrogens (tertiary/aromatic N) is 3. The molecule has 1 N–H and O–H groups in total. The fourth-order valence-electron chi connectivity index (χ4n) is 3.43. The first-order valence-electron chi connectivity index (χ1n) is 7.45. The van der Waals surface area contributed by atoms with Crippen molar-refractivity contribution in [2.75, 3.05) is 0 Å². The fraction of sp³-hybridized carbons (Fsp3) is 0.333. The lowest BCUT2D eigenvalue weighted by Crippen LogP contribution is -2.13. The number of benzene rings is 1. The summed E-state index contributed by atoms with van der Waals surface area (Å²) in [6.07, 6.45) is 3.87. The van der Waals surface area contributed by atoms with Crippen molar-refractivity contribution in [3.8, 4) is 11.3 Å². The highest BCUT2D eigenvalue weighted by Gasteiger charge is 2.26. The fourth-order valence-corrected chi connectivity index (χ4v) is 3.65. The average Bonchev–Trinajstić information content (AvgIpc) is 2.75. The molecule has 3 aliphatic rings. The van der Waals surface area contributed by atoms with E-state index in [1.807, 2.05) is 0 Å². The SMILES string of the molecule is O=c1[nH]nc2c3cc([N+](=O)[O-])c(Cl)cc3n3c(c1-2)CCCCC3. The van der Waals surface area contributed by atoms with Gasteiger partial charge in [0.1, 0.15) is 10.7 Å². The molecule has 118 valence electrons. The van der Waals surface area contributed by atoms with Gasteiger partial charge in [-0.3, -0.25) is 14.9 Å². The molecule has 0 unspecified atom stereocenters. The van der Waals surface area contributed by atoms with Crippen LogP contribution < -0.4 is 5.56 Å². The summed E-state index contributed by atoms with van der Waals surface area (Å²) in [5, 5.41) is 18.4. The number of pyridine rings is 1. The van der Waals surface area contributed by atoms with Crippen LogP contribution >= 0.6 is 11.6 Å². The standard InChI is InChI=1S/C15H13ClN4O3/c16-9-7-11-8(6-12(9)20(22)23)14-13(15(21)18-17-14)10-4-2-1-3-5-19(10)11/h6-7H,1-5H2,(H,18,21). The van der Waals surface area contributed by atoms with Crippen molar-refractivity contribution in [1.29, 1.82) is 0 Å². The van der Waals surface area contributed by atoms with Crippen LogP contribution in [0.25, 0.3) is 22.2 Å². The molecule has 0 amide bonds. The second-order valence-electron chi connectivity index (χ2n) is 5.76. The number of nitro groups is 1. The Morgan fingerprint density at radius 3 is 2.91 bits per heavy atom. The van der Waals surface area contributed by atoms with Gasteiger partial charge >= 0.3 is 0 Å². The molecule has 8 heteroatoms. The summed E-state index contributed by atoms with van der Waals surface area (Å²) in [4.78, 5) is 22.9. The predicted molar refractivity (Wildman–Crippen MR) is 86.2 cm³/mol. The summed E-state index contributed by atoms with van der Waals surface area (Å²) >= 11 is 6.09. The third-order valence-corrected chi connectivity index (χ3v) is 4.75. The zero-order valence-corrected chi connectivity index (χ0v) is 12.9. The molecule has 0 saturated heterocycles. The highest BCUT2D eigenvalue weighted by atomic mass is 35.5. The number of aromatic nitrogens is 3. The lowest BCUT2D eigenvalue weighted by molar-refractivity contribution is -0.384. The number of nitro benzene ring substituents is 1. The molecule has 3 aliphatic heterocycles. The molecule has 0 aromatic heterocycles. The third kappa shape index (κ3) is 2.03. The lowest BCUT2D eigenvalue weighted by atomic mass is 10.0. The number of fused-ring (bicyclic) bond motifs is 6. The van der Waals surface area contributed by atoms with Crippen molar-refractivity contribution in [2.45, 2.75) is 32.2 Å². The normalized spacial score (nSPS) is 14.8. The average molecular weight is 333 g/mol. The van der Waals surface area contributed by atoms with Crippen LogP contribution in [0.4, 0.5) is 5.69 Å². The molecule has 7 nitrogen and oxygen atoms in total. The molecule has 23 heavy (non-hydrogen) atoms. The van der Waals surface area contributed by atoms with E-state index >= 15 is 0 Å². The summed E-state index contributed by atoms with van der Waals surface area (Å²) in [5.74, 6) is 0. The molecule has 0 bridgehead atoms. The Bertz CT molecular complexity index is 975. The van der Waals surface area contributed by atoms with Crippen LogP contribution in [0.15, 0.2) is 16.9 Å². The van der Waals surface area contributed by atoms with Gasteiger partial charge in [0.2, 0.25) is 0 Å². The van der Waals surface area contributed by atoms with Crippen molar-refractivity contribution < 1.29 is 4.92 Å². The molecule has 1 aromatic carbocycles. The number of hydrogen-bond donors (Lipinski definition) is 1. The number of halogens is 1. The molecule has 0 spiro atoms. The van der Waals surface area contributed by atoms with Crippen molar-refractivity contribution in [3.05, 3.63) is 43.3 Å². The highest BCUT2D eigenvalue weighted by Crippen LogP contribution is 2.38. The Balaban J connectivity index is 2.19. The van der Waals surface area contributed by atoms with Crippen molar-refractivity contribution in [2.24, 2.45) is 0 Å². The Kier molecular flexibility index (Phi) is 3.12. The molecular weight excluding hydrogens is 320 g/mol. The summed E-state index contributed by atoms with van der Waals surface area (Å²) in [6.45, 7) is 0.764. The van der Waals surface area contributed by atoms with Crippen LogP contribution in [0.5, 0.6) is 0 Å². The van der Waals surface area contributed by atoms with E-state index in [0.717, 1.165) is 43.4 Å². The van der Waals surface area contributed by atoms with E-state index in [4.69, 9.17) is 11.6 Å². The van der Waals surface area contributed by atoms with E-state index in [9.17, 15) is 14.9 Å². The summed E-state index contributed by atoms with van der Waals surface area (Å²) < 4.78 is 2.07. The van der Waals surface area contributed by atoms with E-state index in [1.165, 1.54) is 6.07 Å². The Morgan fingerprint density at radius 1 is 1.30 bits per heavy atom. The highest BCUT2D eigenvalue weighted by molar-refractivity contribution is 6.33. The molecule has 3 heterocycles. The first kappa shape index (κ1) is 14.2. The number of aryl methyl sites for hydroxylation is 1. The smallest absolute Gasteiger partial charge is 0.288 e. The number of nitrogens with one attached hydrogen (secondary N) is 1. The second-order valence-corrected chi connectivity index (χ2v) is 6.17. The lowest BCUT2D eigenvalue weighted by Gasteiger charge is -2.18. The van der Waals surface area contributed by atoms with Gasteiger partial charge in [0.25, 0.3) is 11.2 Å². The topological polar surface area (TPSA) is 93.8 Å². The van der Waals surface area contributed by atoms with E-state index in [2.05, 4.69) is 14.8 Å². The van der Waals surface area contributed by atoms with E-state index < -0.39 is 4.92 Å². The van der Waals surface area contributed by atoms with Gasteiger partial charge in [0.05, 0.1) is 16.0 Å². The molecule has 0 saturated carbocycles. The number of rotatable bonds is 1. The van der Waals surface area contributed by atoms with Crippen LogP contribution in [0.1, 0.15) is 25.0 Å². The van der Waals surface area contributed by atoms with Crippen LogP contribution in [0.2, 0.25) is 5.02 Å². The first-order valence-corrected chi connectivity index (χ1v) is 7.83. The van der Waals surface area contributed by atoms with Crippen LogP contribution in [-0.4, -0.2) is 19.7 Å². The summed E-state index contributed by atoms with van der Waals surface area (Å²) in [7, 11) is 0. The summed E-state index contributed by atoms with van der Waals surface area (Å²) in [6, 6.07) is 3.03. The minimum atomic E-state index is -0.519. The Morgan fingerprint density at radius 2 is 2.13 bits per heavy atom. The molecule has 0 atom stereocenters. The van der Waals surface area contributed by atoms with E-state index in [-0.39, 0.29) is 16.3 Å². The minimum absolute atomic E-state index is 0.0960. The Hall–Kier alpha value is -2.41. The Labute approximate surface area is 135 Å². The molecule has 4 rings (SSSR count). The molecule has 1 aromatic rings. The number of aromatic amines is 1. The minimum Gasteiger partial charge on any atom is -0.344 e. The molecule has 0 fully saturated rings. The van der Waals surface area contributed by atoms with Gasteiger partial charge in [-0.25, -0.2) is 5.10 Å². The van der Waals surface area contributed by atoms with Crippen molar-refractivity contribution >= 4 is 28.2 Å². The van der Waals surface area contributed by atoms with E-state index in [0.29, 0.717) is 16.6 Å². The zero-order chi connectivity index (χ0) is 16.1. The van der Waals surface area contributed by atoms with Gasteiger partial charge in [0.15, 0.2) is 0 Å². The monoisotopic (exact) mass is 332 g/mol. The van der Waals surface area contributed by atoms with Crippen LogP contribution in [-0.2, 0) is 13.0 Å². The van der Waals surface area contributed by atoms with Gasteiger partial charge in [-0.15, -0.1) is 0 Å². The van der Waals surface area contributed by atoms with E-state index in [1.54, 1.807) is 6.07 Å². The number of H-pyrrole nitrogens is 1. The van der Waals surface area contributed by atoms with Gasteiger partial charge in [-0.05, 0) is 25.3 Å². The summed E-state index contributed by atoms with van der Waals surface area (Å²) in [5.41, 5.74) is 2.33. The maximum atomic E-state index is 12.2. The van der Waals surface area contributed by atoms with Crippen molar-refractivity contribution in [3.63, 3.8) is 0 Å². The molecule has 0 radical (unpaired) electrons. The molecular formula is C15H13ClN4O3.